The predicted octanol–water partition coefficient (Wildman–Crippen LogP) is 3.30. The summed E-state index contributed by atoms with van der Waals surface area (Å²) in [6.45, 7) is 2.41. The maximum Gasteiger partial charge on any atom is 0.191 e. The minimum absolute atomic E-state index is 0. The molecule has 33 heavy (non-hydrogen) atoms. The summed E-state index contributed by atoms with van der Waals surface area (Å²) in [5, 5.41) is 11.4. The molecule has 2 aromatic carbocycles. The van der Waals surface area contributed by atoms with Gasteiger partial charge in [-0.25, -0.2) is 9.67 Å². The number of hydrogen-bond acceptors (Lipinski definition) is 5. The van der Waals surface area contributed by atoms with Crippen molar-refractivity contribution in [2.24, 2.45) is 4.99 Å². The first-order valence-corrected chi connectivity index (χ1v) is 10.9. The van der Waals surface area contributed by atoms with Crippen LogP contribution in [0.4, 0.5) is 0 Å². The van der Waals surface area contributed by atoms with E-state index in [0.717, 1.165) is 53.9 Å². The van der Waals surface area contributed by atoms with Crippen LogP contribution in [0.1, 0.15) is 29.2 Å². The van der Waals surface area contributed by atoms with Gasteiger partial charge in [-0.15, -0.1) is 24.0 Å². The molecule has 4 rings (SSSR count). The topological polar surface area (TPSA) is 85.6 Å². The summed E-state index contributed by atoms with van der Waals surface area (Å²) in [7, 11) is 3.44. The lowest BCUT2D eigenvalue weighted by molar-refractivity contribution is 0.177. The van der Waals surface area contributed by atoms with Gasteiger partial charge in [-0.3, -0.25) is 4.99 Å². The van der Waals surface area contributed by atoms with Crippen LogP contribution >= 0.6 is 24.0 Å². The van der Waals surface area contributed by atoms with Crippen LogP contribution in [0.25, 0.3) is 0 Å². The maximum absolute atomic E-state index is 5.94. The van der Waals surface area contributed by atoms with E-state index in [4.69, 9.17) is 9.47 Å². The molecule has 0 saturated carbocycles. The van der Waals surface area contributed by atoms with E-state index in [1.807, 2.05) is 35.0 Å². The third-order valence-corrected chi connectivity index (χ3v) is 5.35. The quantitative estimate of drug-likeness (QED) is 0.249. The summed E-state index contributed by atoms with van der Waals surface area (Å²) in [4.78, 5) is 8.92. The number of fused-ring (bicyclic) bond motifs is 1. The summed E-state index contributed by atoms with van der Waals surface area (Å²) in [6, 6.07) is 18.5. The second kappa shape index (κ2) is 12.5. The van der Waals surface area contributed by atoms with Crippen molar-refractivity contribution in [3.05, 3.63) is 77.4 Å². The first kappa shape index (κ1) is 25.0. The Labute approximate surface area is 211 Å². The summed E-state index contributed by atoms with van der Waals surface area (Å²) in [6.07, 6.45) is 1.86. The van der Waals surface area contributed by atoms with Crippen molar-refractivity contribution in [2.45, 2.75) is 45.2 Å². The van der Waals surface area contributed by atoms with Gasteiger partial charge in [-0.05, 0) is 29.7 Å². The average molecular weight is 562 g/mol. The molecule has 3 aromatic rings. The van der Waals surface area contributed by atoms with Gasteiger partial charge < -0.3 is 20.1 Å². The Morgan fingerprint density at radius 3 is 2.73 bits per heavy atom. The Morgan fingerprint density at radius 2 is 1.94 bits per heavy atom. The molecule has 0 saturated heterocycles. The molecular weight excluding hydrogens is 531 g/mol. The van der Waals surface area contributed by atoms with Crippen LogP contribution in [0.3, 0.4) is 0 Å². The zero-order valence-corrected chi connectivity index (χ0v) is 21.4. The number of nitrogens with zero attached hydrogens (tertiary/aromatic N) is 4. The van der Waals surface area contributed by atoms with Crippen molar-refractivity contribution in [1.82, 2.24) is 25.4 Å². The number of methoxy groups -OCH3 is 1. The van der Waals surface area contributed by atoms with E-state index in [0.29, 0.717) is 19.8 Å². The number of ether oxygens (including phenoxy) is 2. The van der Waals surface area contributed by atoms with Crippen LogP contribution in [0.5, 0.6) is 5.75 Å². The van der Waals surface area contributed by atoms with Crippen LogP contribution in [-0.4, -0.2) is 40.9 Å². The number of guanidine groups is 1. The lowest BCUT2D eigenvalue weighted by atomic mass is 10.1. The third kappa shape index (κ3) is 7.16. The van der Waals surface area contributed by atoms with Crippen molar-refractivity contribution < 1.29 is 9.47 Å². The van der Waals surface area contributed by atoms with E-state index in [1.54, 1.807) is 14.2 Å². The Morgan fingerprint density at radius 1 is 1.12 bits per heavy atom. The molecule has 0 bridgehead atoms. The molecule has 0 spiro atoms. The average Bonchev–Trinajstić information content (AvgIpc) is 3.23. The molecule has 1 unspecified atom stereocenters. The van der Waals surface area contributed by atoms with Crippen molar-refractivity contribution in [1.29, 1.82) is 0 Å². The van der Waals surface area contributed by atoms with E-state index in [-0.39, 0.29) is 30.0 Å². The number of rotatable bonds is 8. The summed E-state index contributed by atoms with van der Waals surface area (Å²) in [5.74, 6) is 3.38. The Bertz CT molecular complexity index is 1040. The number of aliphatic imine (C=N–C) groups is 1. The van der Waals surface area contributed by atoms with Crippen molar-refractivity contribution in [3.8, 4) is 5.75 Å². The third-order valence-electron chi connectivity index (χ3n) is 5.35. The van der Waals surface area contributed by atoms with E-state index in [2.05, 4.69) is 50.0 Å². The highest BCUT2D eigenvalue weighted by Crippen LogP contribution is 2.16. The first-order valence-electron chi connectivity index (χ1n) is 10.9. The molecule has 0 amide bonds. The van der Waals surface area contributed by atoms with E-state index in [9.17, 15) is 0 Å². The summed E-state index contributed by atoms with van der Waals surface area (Å²) < 4.78 is 13.1. The highest BCUT2D eigenvalue weighted by atomic mass is 127. The van der Waals surface area contributed by atoms with Gasteiger partial charge >= 0.3 is 0 Å². The number of aromatic nitrogens is 3. The Hall–Kier alpha value is -2.66. The molecule has 9 heteroatoms. The fraction of sp³-hybridized carbons (Fsp3) is 0.375. The molecule has 2 heterocycles. The Kier molecular flexibility index (Phi) is 9.49. The first-order chi connectivity index (χ1) is 15.7. The van der Waals surface area contributed by atoms with Crippen LogP contribution in [-0.2, 0) is 37.5 Å². The molecule has 0 fully saturated rings. The van der Waals surface area contributed by atoms with Gasteiger partial charge in [-0.1, -0.05) is 42.5 Å². The molecular formula is C24H31IN6O2. The van der Waals surface area contributed by atoms with Crippen LogP contribution in [0.15, 0.2) is 59.6 Å². The van der Waals surface area contributed by atoms with Gasteiger partial charge in [0.05, 0.1) is 6.54 Å². The van der Waals surface area contributed by atoms with Crippen molar-refractivity contribution in [3.63, 3.8) is 0 Å². The monoisotopic (exact) mass is 562 g/mol. The minimum atomic E-state index is 0. The zero-order valence-electron chi connectivity index (χ0n) is 19.0. The highest BCUT2D eigenvalue weighted by molar-refractivity contribution is 14.0. The molecule has 1 aliphatic rings. The summed E-state index contributed by atoms with van der Waals surface area (Å²) in [5.41, 5.74) is 2.28. The predicted molar refractivity (Wildman–Crippen MR) is 139 cm³/mol. The van der Waals surface area contributed by atoms with E-state index in [1.165, 1.54) is 0 Å². The zero-order chi connectivity index (χ0) is 22.2. The minimum Gasteiger partial charge on any atom is -0.489 e. The Balaban J connectivity index is 0.00000306. The highest BCUT2D eigenvalue weighted by Gasteiger charge is 2.22. The number of halogens is 1. The largest absolute Gasteiger partial charge is 0.489 e. The van der Waals surface area contributed by atoms with E-state index < -0.39 is 0 Å². The fourth-order valence-electron chi connectivity index (χ4n) is 3.73. The second-order valence-electron chi connectivity index (χ2n) is 7.79. The molecule has 0 radical (unpaired) electrons. The summed E-state index contributed by atoms with van der Waals surface area (Å²) >= 11 is 0. The van der Waals surface area contributed by atoms with Gasteiger partial charge in [0, 0.05) is 33.2 Å². The molecule has 2 N–H and O–H groups in total. The van der Waals surface area contributed by atoms with E-state index >= 15 is 0 Å². The van der Waals surface area contributed by atoms with Gasteiger partial charge in [0.25, 0.3) is 0 Å². The van der Waals surface area contributed by atoms with Crippen molar-refractivity contribution >= 4 is 29.9 Å². The van der Waals surface area contributed by atoms with Crippen LogP contribution in [0, 0.1) is 0 Å². The standard InChI is InChI=1S/C24H30N6O2.HI/c1-25-24(27-20-11-12-23-28-22(17-31-2)29-30(23)15-20)26-14-19-9-6-10-21(13-19)32-16-18-7-4-3-5-8-18;/h3-10,13,20H,11-12,14-17H2,1-2H3,(H2,25,26,27);1H. The normalized spacial score (nSPS) is 15.3. The lowest BCUT2D eigenvalue weighted by Gasteiger charge is -2.25. The van der Waals surface area contributed by atoms with Gasteiger partial charge in [0.2, 0.25) is 0 Å². The maximum atomic E-state index is 5.94. The van der Waals surface area contributed by atoms with Crippen LogP contribution < -0.4 is 15.4 Å². The smallest absolute Gasteiger partial charge is 0.191 e. The fourth-order valence-corrected chi connectivity index (χ4v) is 3.73. The van der Waals surface area contributed by atoms with Gasteiger partial charge in [0.1, 0.15) is 24.8 Å². The van der Waals surface area contributed by atoms with Gasteiger partial charge in [0.15, 0.2) is 11.8 Å². The molecule has 1 aromatic heterocycles. The number of nitrogens with one attached hydrogen (secondary N) is 2. The molecule has 8 nitrogen and oxygen atoms in total. The number of benzene rings is 2. The SMILES string of the molecule is CN=C(NCc1cccc(OCc2ccccc2)c1)NC1CCc2nc(COC)nn2C1.I. The number of hydrogen-bond donors (Lipinski definition) is 2. The number of aryl methyl sites for hydroxylation is 1. The van der Waals surface area contributed by atoms with Gasteiger partial charge in [-0.2, -0.15) is 5.10 Å². The lowest BCUT2D eigenvalue weighted by Crippen LogP contribution is -2.46. The molecule has 0 aliphatic carbocycles. The molecule has 1 aliphatic heterocycles. The van der Waals surface area contributed by atoms with Crippen LogP contribution in [0.2, 0.25) is 0 Å². The van der Waals surface area contributed by atoms with Crippen molar-refractivity contribution in [2.75, 3.05) is 14.2 Å². The second-order valence-corrected chi connectivity index (χ2v) is 7.79. The molecule has 176 valence electrons. The molecule has 1 atom stereocenters.